The van der Waals surface area contributed by atoms with E-state index in [1.165, 1.54) is 6.33 Å². The van der Waals surface area contributed by atoms with E-state index >= 15 is 0 Å². The third-order valence-electron chi connectivity index (χ3n) is 4.35. The Kier molecular flexibility index (Phi) is 4.29. The van der Waals surface area contributed by atoms with Gasteiger partial charge in [0.25, 0.3) is 11.5 Å². The third-order valence-corrected chi connectivity index (χ3v) is 4.35. The average Bonchev–Trinajstić information content (AvgIpc) is 3.28. The molecular formula is C19H17N5O3. The number of fused-ring (bicyclic) bond motifs is 1. The maximum Gasteiger partial charge on any atom is 0.262 e. The molecule has 0 fully saturated rings. The predicted octanol–water partition coefficient (Wildman–Crippen LogP) is 2.00. The molecule has 1 amide bonds. The number of rotatable bonds is 5. The minimum atomic E-state index is -0.402. The van der Waals surface area contributed by atoms with Gasteiger partial charge >= 0.3 is 0 Å². The number of H-pyrrole nitrogens is 1. The Bertz CT molecular complexity index is 1160. The molecule has 0 aliphatic carbocycles. The van der Waals surface area contributed by atoms with Gasteiger partial charge in [0.05, 0.1) is 18.4 Å². The number of aromatic nitrogens is 4. The van der Waals surface area contributed by atoms with E-state index in [4.69, 9.17) is 4.42 Å². The Morgan fingerprint density at radius 1 is 1.26 bits per heavy atom. The fraction of sp³-hybridized carbons (Fsp3) is 0.158. The van der Waals surface area contributed by atoms with Crippen molar-refractivity contribution in [2.75, 3.05) is 0 Å². The van der Waals surface area contributed by atoms with Gasteiger partial charge in [-0.05, 0) is 24.1 Å². The van der Waals surface area contributed by atoms with Gasteiger partial charge < -0.3 is 14.7 Å². The van der Waals surface area contributed by atoms with Crippen LogP contribution in [0.1, 0.15) is 27.2 Å². The van der Waals surface area contributed by atoms with Crippen LogP contribution in [0.4, 0.5) is 0 Å². The molecule has 1 aromatic carbocycles. The van der Waals surface area contributed by atoms with E-state index in [0.717, 1.165) is 11.1 Å². The van der Waals surface area contributed by atoms with Crippen LogP contribution in [-0.4, -0.2) is 25.7 Å². The summed E-state index contributed by atoms with van der Waals surface area (Å²) in [6, 6.07) is 9.68. The number of benzene rings is 1. The molecule has 27 heavy (non-hydrogen) atoms. The molecule has 0 saturated carbocycles. The van der Waals surface area contributed by atoms with Crippen LogP contribution >= 0.6 is 0 Å². The summed E-state index contributed by atoms with van der Waals surface area (Å²) in [6.07, 6.45) is 4.86. The lowest BCUT2D eigenvalue weighted by Gasteiger charge is -2.11. The lowest BCUT2D eigenvalue weighted by Crippen LogP contribution is -2.25. The van der Waals surface area contributed by atoms with E-state index in [2.05, 4.69) is 20.4 Å². The second-order valence-electron chi connectivity index (χ2n) is 6.10. The molecule has 0 radical (unpaired) electrons. The number of aryl methyl sites for hydroxylation is 1. The van der Waals surface area contributed by atoms with E-state index < -0.39 is 5.56 Å². The summed E-state index contributed by atoms with van der Waals surface area (Å²) in [7, 11) is 0. The Labute approximate surface area is 153 Å². The van der Waals surface area contributed by atoms with E-state index in [0.29, 0.717) is 18.8 Å². The zero-order chi connectivity index (χ0) is 18.8. The highest BCUT2D eigenvalue weighted by molar-refractivity contribution is 6.06. The Hall–Kier alpha value is -3.68. The molecule has 0 aliphatic rings. The molecule has 8 nitrogen and oxygen atoms in total. The van der Waals surface area contributed by atoms with Gasteiger partial charge in [-0.3, -0.25) is 14.3 Å². The number of hydrogen-bond acceptors (Lipinski definition) is 5. The van der Waals surface area contributed by atoms with E-state index in [1.807, 2.05) is 41.2 Å². The minimum absolute atomic E-state index is 0.153. The van der Waals surface area contributed by atoms with Crippen LogP contribution in [0.15, 0.2) is 58.3 Å². The van der Waals surface area contributed by atoms with Gasteiger partial charge in [-0.15, -0.1) is 0 Å². The van der Waals surface area contributed by atoms with Gasteiger partial charge in [0.2, 0.25) is 5.71 Å². The Morgan fingerprint density at radius 2 is 2.07 bits per heavy atom. The molecule has 3 aromatic heterocycles. The maximum atomic E-state index is 12.7. The van der Waals surface area contributed by atoms with Gasteiger partial charge in [0.1, 0.15) is 11.1 Å². The number of aromatic amines is 1. The molecule has 4 aromatic rings. The smallest absolute Gasteiger partial charge is 0.262 e. The molecule has 0 aliphatic heterocycles. The molecule has 0 spiro atoms. The molecule has 4 rings (SSSR count). The molecule has 136 valence electrons. The topological polar surface area (TPSA) is 106 Å². The second-order valence-corrected chi connectivity index (χ2v) is 6.10. The van der Waals surface area contributed by atoms with Crippen molar-refractivity contribution >= 4 is 17.0 Å². The van der Waals surface area contributed by atoms with Crippen LogP contribution in [0.25, 0.3) is 11.1 Å². The normalized spacial score (nSPS) is 11.0. The quantitative estimate of drug-likeness (QED) is 0.564. The fourth-order valence-corrected chi connectivity index (χ4v) is 3.04. The van der Waals surface area contributed by atoms with Crippen molar-refractivity contribution in [3.05, 3.63) is 81.9 Å². The van der Waals surface area contributed by atoms with Gasteiger partial charge in [-0.1, -0.05) is 24.3 Å². The predicted molar refractivity (Wildman–Crippen MR) is 98.3 cm³/mol. The fourth-order valence-electron chi connectivity index (χ4n) is 3.04. The van der Waals surface area contributed by atoms with Gasteiger partial charge in [-0.25, -0.2) is 4.98 Å². The summed E-state index contributed by atoms with van der Waals surface area (Å²) in [4.78, 5) is 31.2. The van der Waals surface area contributed by atoms with Crippen LogP contribution in [0, 0.1) is 6.92 Å². The van der Waals surface area contributed by atoms with Crippen molar-refractivity contribution in [2.24, 2.45) is 0 Å². The van der Waals surface area contributed by atoms with Gasteiger partial charge in [0.15, 0.2) is 0 Å². The molecule has 8 heteroatoms. The Balaban J connectivity index is 1.57. The number of amides is 1. The highest BCUT2D eigenvalue weighted by Crippen LogP contribution is 2.20. The summed E-state index contributed by atoms with van der Waals surface area (Å²) in [5, 5.41) is 7.25. The zero-order valence-electron chi connectivity index (χ0n) is 14.6. The summed E-state index contributed by atoms with van der Waals surface area (Å²) in [5.41, 5.74) is 1.99. The highest BCUT2D eigenvalue weighted by Gasteiger charge is 2.21. The SMILES string of the molecule is Cc1oc2nc[nH]c(=O)c2c1C(=O)NCc1ccccc1Cn1cccn1. The van der Waals surface area contributed by atoms with Crippen LogP contribution in [0.2, 0.25) is 0 Å². The average molecular weight is 363 g/mol. The molecule has 0 atom stereocenters. The molecule has 0 bridgehead atoms. The van der Waals surface area contributed by atoms with Gasteiger partial charge in [0, 0.05) is 18.9 Å². The van der Waals surface area contributed by atoms with Gasteiger partial charge in [-0.2, -0.15) is 5.10 Å². The number of hydrogen-bond donors (Lipinski definition) is 2. The lowest BCUT2D eigenvalue weighted by atomic mass is 10.1. The number of nitrogens with one attached hydrogen (secondary N) is 2. The summed E-state index contributed by atoms with van der Waals surface area (Å²) in [5.74, 6) is -0.0184. The summed E-state index contributed by atoms with van der Waals surface area (Å²) >= 11 is 0. The molecule has 3 heterocycles. The first-order chi connectivity index (χ1) is 13.1. The first kappa shape index (κ1) is 16.8. The van der Waals surface area contributed by atoms with Crippen LogP contribution in [-0.2, 0) is 13.1 Å². The van der Waals surface area contributed by atoms with Crippen LogP contribution in [0.3, 0.4) is 0 Å². The van der Waals surface area contributed by atoms with E-state index in [-0.39, 0.29) is 22.6 Å². The molecule has 2 N–H and O–H groups in total. The van der Waals surface area contributed by atoms with Crippen molar-refractivity contribution in [2.45, 2.75) is 20.0 Å². The van der Waals surface area contributed by atoms with Crippen LogP contribution < -0.4 is 10.9 Å². The summed E-state index contributed by atoms with van der Waals surface area (Å²) in [6.45, 7) is 2.57. The van der Waals surface area contributed by atoms with Crippen LogP contribution in [0.5, 0.6) is 0 Å². The number of nitrogens with zero attached hydrogens (tertiary/aromatic N) is 3. The largest absolute Gasteiger partial charge is 0.442 e. The van der Waals surface area contributed by atoms with E-state index in [9.17, 15) is 9.59 Å². The van der Waals surface area contributed by atoms with Crippen molar-refractivity contribution in [3.63, 3.8) is 0 Å². The molecular weight excluding hydrogens is 346 g/mol. The number of furan rings is 1. The number of carbonyl (C=O) groups is 1. The zero-order valence-corrected chi connectivity index (χ0v) is 14.6. The first-order valence-electron chi connectivity index (χ1n) is 8.42. The second kappa shape index (κ2) is 6.91. The molecule has 0 saturated heterocycles. The number of carbonyl (C=O) groups excluding carboxylic acids is 1. The lowest BCUT2D eigenvalue weighted by molar-refractivity contribution is 0.0950. The van der Waals surface area contributed by atoms with Crippen molar-refractivity contribution < 1.29 is 9.21 Å². The van der Waals surface area contributed by atoms with Crippen molar-refractivity contribution in [1.82, 2.24) is 25.1 Å². The highest BCUT2D eigenvalue weighted by atomic mass is 16.3. The Morgan fingerprint density at radius 3 is 2.85 bits per heavy atom. The third kappa shape index (κ3) is 3.24. The minimum Gasteiger partial charge on any atom is -0.442 e. The van der Waals surface area contributed by atoms with Crippen molar-refractivity contribution in [3.8, 4) is 0 Å². The molecule has 0 unspecified atom stereocenters. The first-order valence-corrected chi connectivity index (χ1v) is 8.42. The monoisotopic (exact) mass is 363 g/mol. The standard InChI is InChI=1S/C19H17N5O3/c1-12-15(16-18(26)21-11-22-19(16)27-12)17(25)20-9-13-5-2-3-6-14(13)10-24-8-4-7-23-24/h2-8,11H,9-10H2,1H3,(H,20,25)(H,21,22,26). The van der Waals surface area contributed by atoms with E-state index in [1.54, 1.807) is 13.1 Å². The van der Waals surface area contributed by atoms with Crippen molar-refractivity contribution in [1.29, 1.82) is 0 Å². The maximum absolute atomic E-state index is 12.7. The summed E-state index contributed by atoms with van der Waals surface area (Å²) < 4.78 is 7.26.